The van der Waals surface area contributed by atoms with E-state index in [1.165, 1.54) is 0 Å². The number of anilines is 1. The molecule has 0 radical (unpaired) electrons. The molecule has 21 heavy (non-hydrogen) atoms. The van der Waals surface area contributed by atoms with E-state index in [0.717, 1.165) is 56.9 Å². The molecule has 1 aromatic rings. The summed E-state index contributed by atoms with van der Waals surface area (Å²) in [7, 11) is 0. The van der Waals surface area contributed by atoms with E-state index in [0.29, 0.717) is 5.92 Å². The molecule has 0 bridgehead atoms. The van der Waals surface area contributed by atoms with Gasteiger partial charge in [0, 0.05) is 30.8 Å². The van der Waals surface area contributed by atoms with Crippen molar-refractivity contribution >= 4 is 5.82 Å². The first-order valence-corrected chi connectivity index (χ1v) is 8.04. The second-order valence-electron chi connectivity index (χ2n) is 6.28. The van der Waals surface area contributed by atoms with E-state index < -0.39 is 0 Å². The monoisotopic (exact) mass is 291 g/mol. The lowest BCUT2D eigenvalue weighted by atomic mass is 9.80. The van der Waals surface area contributed by atoms with Gasteiger partial charge in [0.2, 0.25) is 0 Å². The van der Waals surface area contributed by atoms with Gasteiger partial charge in [-0.05, 0) is 25.7 Å². The highest BCUT2D eigenvalue weighted by atomic mass is 16.5. The van der Waals surface area contributed by atoms with Gasteiger partial charge in [0.05, 0.1) is 18.3 Å². The Morgan fingerprint density at radius 1 is 1.33 bits per heavy atom. The van der Waals surface area contributed by atoms with Crippen LogP contribution in [0.3, 0.4) is 0 Å². The highest BCUT2D eigenvalue weighted by Gasteiger charge is 2.35. The van der Waals surface area contributed by atoms with Gasteiger partial charge in [-0.2, -0.15) is 0 Å². The maximum Gasteiger partial charge on any atom is 0.132 e. The molecule has 2 aliphatic rings. The van der Waals surface area contributed by atoms with Crippen molar-refractivity contribution in [2.24, 2.45) is 0 Å². The molecule has 2 heterocycles. The van der Waals surface area contributed by atoms with Gasteiger partial charge in [-0.3, -0.25) is 0 Å². The lowest BCUT2D eigenvalue weighted by Crippen LogP contribution is -2.51. The van der Waals surface area contributed by atoms with Gasteiger partial charge >= 0.3 is 0 Å². The van der Waals surface area contributed by atoms with Gasteiger partial charge in [0.15, 0.2) is 0 Å². The van der Waals surface area contributed by atoms with Gasteiger partial charge in [0.25, 0.3) is 0 Å². The molecule has 1 N–H and O–H groups in total. The van der Waals surface area contributed by atoms with Gasteiger partial charge in [-0.1, -0.05) is 13.8 Å². The highest BCUT2D eigenvalue weighted by molar-refractivity contribution is 5.41. The van der Waals surface area contributed by atoms with Crippen LogP contribution in [-0.2, 0) is 4.74 Å². The van der Waals surface area contributed by atoms with Crippen molar-refractivity contribution in [1.82, 2.24) is 9.97 Å². The molecule has 1 saturated carbocycles. The van der Waals surface area contributed by atoms with Crippen LogP contribution in [0.2, 0.25) is 0 Å². The van der Waals surface area contributed by atoms with E-state index in [1.54, 1.807) is 6.33 Å². The van der Waals surface area contributed by atoms with E-state index in [-0.39, 0.29) is 11.7 Å². The van der Waals surface area contributed by atoms with Crippen LogP contribution in [0, 0.1) is 0 Å². The fourth-order valence-electron chi connectivity index (χ4n) is 3.31. The predicted molar refractivity (Wildman–Crippen MR) is 81.5 cm³/mol. The fourth-order valence-corrected chi connectivity index (χ4v) is 3.31. The average Bonchev–Trinajstić information content (AvgIpc) is 2.52. The molecule has 0 spiro atoms. The van der Waals surface area contributed by atoms with Crippen LogP contribution in [-0.4, -0.2) is 46.5 Å². The van der Waals surface area contributed by atoms with Gasteiger partial charge in [0.1, 0.15) is 12.1 Å². The van der Waals surface area contributed by atoms with Crippen LogP contribution in [0.4, 0.5) is 5.82 Å². The molecule has 0 amide bonds. The molecule has 1 aliphatic heterocycles. The minimum atomic E-state index is -0.148. The standard InChI is InChI=1S/C16H25N3O2/c1-3-16(4-2)10-19(5-6-21-16)15-9-14(17-11-18-15)12-7-13(20)8-12/h9,11-13,20H,3-8,10H2,1-2H3. The smallest absolute Gasteiger partial charge is 0.132 e. The Bertz CT molecular complexity index is 484. The van der Waals surface area contributed by atoms with Gasteiger partial charge in [-0.25, -0.2) is 9.97 Å². The van der Waals surface area contributed by atoms with Crippen LogP contribution in [0.5, 0.6) is 0 Å². The van der Waals surface area contributed by atoms with Crippen molar-refractivity contribution < 1.29 is 9.84 Å². The Balaban J connectivity index is 1.75. The summed E-state index contributed by atoms with van der Waals surface area (Å²) >= 11 is 0. The van der Waals surface area contributed by atoms with E-state index in [1.807, 2.05) is 0 Å². The molecule has 1 aliphatic carbocycles. The van der Waals surface area contributed by atoms with Crippen LogP contribution >= 0.6 is 0 Å². The van der Waals surface area contributed by atoms with Crippen molar-refractivity contribution in [2.75, 3.05) is 24.6 Å². The minimum absolute atomic E-state index is 0.0456. The van der Waals surface area contributed by atoms with E-state index >= 15 is 0 Å². The second kappa shape index (κ2) is 5.89. The van der Waals surface area contributed by atoms with Crippen LogP contribution in [0.25, 0.3) is 0 Å². The van der Waals surface area contributed by atoms with E-state index in [9.17, 15) is 5.11 Å². The number of morpholine rings is 1. The third-order valence-corrected chi connectivity index (χ3v) is 5.07. The van der Waals surface area contributed by atoms with Crippen molar-refractivity contribution in [3.63, 3.8) is 0 Å². The zero-order chi connectivity index (χ0) is 14.9. The first-order valence-electron chi connectivity index (χ1n) is 8.04. The number of aliphatic hydroxyl groups is 1. The average molecular weight is 291 g/mol. The first-order chi connectivity index (χ1) is 10.2. The lowest BCUT2D eigenvalue weighted by molar-refractivity contribution is -0.0607. The number of rotatable bonds is 4. The summed E-state index contributed by atoms with van der Waals surface area (Å²) in [6, 6.07) is 2.10. The summed E-state index contributed by atoms with van der Waals surface area (Å²) < 4.78 is 6.02. The Morgan fingerprint density at radius 3 is 2.76 bits per heavy atom. The number of ether oxygens (including phenoxy) is 1. The third kappa shape index (κ3) is 2.90. The Labute approximate surface area is 126 Å². The molecule has 3 rings (SSSR count). The summed E-state index contributed by atoms with van der Waals surface area (Å²) in [6.07, 6.45) is 5.20. The molecule has 1 aromatic heterocycles. The van der Waals surface area contributed by atoms with Crippen LogP contribution in [0.15, 0.2) is 12.4 Å². The second-order valence-corrected chi connectivity index (χ2v) is 6.28. The van der Waals surface area contributed by atoms with E-state index in [2.05, 4.69) is 34.8 Å². The van der Waals surface area contributed by atoms with E-state index in [4.69, 9.17) is 4.74 Å². The number of hydrogen-bond acceptors (Lipinski definition) is 5. The Kier molecular flexibility index (Phi) is 4.13. The minimum Gasteiger partial charge on any atom is -0.393 e. The predicted octanol–water partition coefficient (Wildman–Crippen LogP) is 2.11. The Hall–Kier alpha value is -1.20. The summed E-state index contributed by atoms with van der Waals surface area (Å²) in [5.74, 6) is 1.39. The summed E-state index contributed by atoms with van der Waals surface area (Å²) in [6.45, 7) is 6.90. The maximum atomic E-state index is 9.46. The molecular weight excluding hydrogens is 266 g/mol. The first kappa shape index (κ1) is 14.7. The fraction of sp³-hybridized carbons (Fsp3) is 0.750. The number of aliphatic hydroxyl groups excluding tert-OH is 1. The van der Waals surface area contributed by atoms with Crippen molar-refractivity contribution in [1.29, 1.82) is 0 Å². The number of nitrogens with zero attached hydrogens (tertiary/aromatic N) is 3. The van der Waals surface area contributed by atoms with Crippen molar-refractivity contribution in [2.45, 2.75) is 57.2 Å². The quantitative estimate of drug-likeness (QED) is 0.920. The zero-order valence-corrected chi connectivity index (χ0v) is 13.0. The molecule has 5 nitrogen and oxygen atoms in total. The molecule has 0 atom stereocenters. The van der Waals surface area contributed by atoms with Crippen molar-refractivity contribution in [3.8, 4) is 0 Å². The summed E-state index contributed by atoms with van der Waals surface area (Å²) in [5.41, 5.74) is 1.02. The summed E-state index contributed by atoms with van der Waals surface area (Å²) in [4.78, 5) is 11.2. The normalized spacial score (nSPS) is 28.2. The molecule has 2 fully saturated rings. The molecule has 5 heteroatoms. The largest absolute Gasteiger partial charge is 0.393 e. The molecule has 116 valence electrons. The number of hydrogen-bond donors (Lipinski definition) is 1. The molecule has 1 saturated heterocycles. The van der Waals surface area contributed by atoms with Crippen LogP contribution < -0.4 is 4.90 Å². The molecule has 0 aromatic carbocycles. The highest BCUT2D eigenvalue weighted by Crippen LogP contribution is 2.36. The third-order valence-electron chi connectivity index (χ3n) is 5.07. The van der Waals surface area contributed by atoms with Crippen LogP contribution in [0.1, 0.15) is 51.1 Å². The van der Waals surface area contributed by atoms with Crippen molar-refractivity contribution in [3.05, 3.63) is 18.1 Å². The topological polar surface area (TPSA) is 58.5 Å². The maximum absolute atomic E-state index is 9.46. The summed E-state index contributed by atoms with van der Waals surface area (Å²) in [5, 5.41) is 9.46. The number of aromatic nitrogens is 2. The van der Waals surface area contributed by atoms with Gasteiger partial charge in [-0.15, -0.1) is 0 Å². The Morgan fingerprint density at radius 2 is 2.10 bits per heavy atom. The zero-order valence-electron chi connectivity index (χ0n) is 13.0. The SMILES string of the molecule is CCC1(CC)CN(c2cc(C3CC(O)C3)ncn2)CCO1. The lowest BCUT2D eigenvalue weighted by Gasteiger charge is -2.42. The molecular formula is C16H25N3O2. The molecule has 0 unspecified atom stereocenters. The van der Waals surface area contributed by atoms with Gasteiger partial charge < -0.3 is 14.7 Å².